The number of aromatic hydroxyl groups is 1. The number of Topliss-reactive ketones (excluding diaryl/α,β-unsaturated/α-hetero) is 1. The fraction of sp³-hybridized carbons (Fsp3) is 0.583. The van der Waals surface area contributed by atoms with Crippen LogP contribution in [0.4, 0.5) is 4.39 Å². The van der Waals surface area contributed by atoms with Gasteiger partial charge in [0, 0.05) is 12.0 Å². The molecule has 0 saturated carbocycles. The van der Waals surface area contributed by atoms with Crippen LogP contribution in [0.5, 0.6) is 11.5 Å². The third kappa shape index (κ3) is 5.48. The molecule has 1 aliphatic rings. The number of nitrogens with one attached hydrogen (secondary N) is 2. The van der Waals surface area contributed by atoms with Crippen LogP contribution in [-0.2, 0) is 25.6 Å². The van der Waals surface area contributed by atoms with Crippen LogP contribution < -0.4 is 15.4 Å². The summed E-state index contributed by atoms with van der Waals surface area (Å²) in [5, 5.41) is 24.2. The van der Waals surface area contributed by atoms with Crippen LogP contribution in [0.3, 0.4) is 0 Å². The first kappa shape index (κ1) is 27.1. The van der Waals surface area contributed by atoms with E-state index >= 15 is 0 Å². The van der Waals surface area contributed by atoms with E-state index in [1.54, 1.807) is 41.5 Å². The van der Waals surface area contributed by atoms with Crippen molar-refractivity contribution in [3.05, 3.63) is 22.3 Å². The fourth-order valence-corrected chi connectivity index (χ4v) is 4.01. The second-order valence-corrected chi connectivity index (χ2v) is 9.32. The largest absolute Gasteiger partial charge is 0.507 e. The van der Waals surface area contributed by atoms with Gasteiger partial charge in [0.25, 0.3) is 5.91 Å². The first-order valence-corrected chi connectivity index (χ1v) is 11.2. The van der Waals surface area contributed by atoms with Gasteiger partial charge in [-0.05, 0) is 56.7 Å². The molecule has 0 saturated heterocycles. The Balaban J connectivity index is 2.25. The number of carboxylic acids is 1. The number of amides is 2. The number of phenolic OH excluding ortho intramolecular Hbond substituents is 1. The Bertz CT molecular complexity index is 1010. The van der Waals surface area contributed by atoms with E-state index in [4.69, 9.17) is 9.84 Å². The van der Waals surface area contributed by atoms with Crippen LogP contribution in [0.15, 0.2) is 0 Å². The minimum absolute atomic E-state index is 0.197. The molecule has 0 aromatic heterocycles. The average Bonchev–Trinajstić information content (AvgIpc) is 2.77. The van der Waals surface area contributed by atoms with Crippen LogP contribution in [-0.4, -0.2) is 58.1 Å². The van der Waals surface area contributed by atoms with Crippen molar-refractivity contribution in [2.24, 2.45) is 5.92 Å². The molecule has 1 heterocycles. The summed E-state index contributed by atoms with van der Waals surface area (Å²) < 4.78 is 19.0. The molecule has 0 bridgehead atoms. The van der Waals surface area contributed by atoms with Gasteiger partial charge in [0.05, 0.1) is 6.42 Å². The van der Waals surface area contributed by atoms with Crippen molar-refractivity contribution >= 4 is 23.6 Å². The van der Waals surface area contributed by atoms with E-state index in [1.807, 2.05) is 0 Å². The molecule has 0 fully saturated rings. The number of hydrogen-bond acceptors (Lipinski definition) is 6. The molecule has 0 aliphatic carbocycles. The van der Waals surface area contributed by atoms with Crippen LogP contribution in [0.2, 0.25) is 0 Å². The summed E-state index contributed by atoms with van der Waals surface area (Å²) in [5.74, 6) is -3.47. The van der Waals surface area contributed by atoms with Crippen LogP contribution in [0.1, 0.15) is 55.9 Å². The lowest BCUT2D eigenvalue weighted by Crippen LogP contribution is -2.59. The molecule has 1 aromatic rings. The number of benzene rings is 1. The van der Waals surface area contributed by atoms with Crippen LogP contribution >= 0.6 is 0 Å². The van der Waals surface area contributed by atoms with Gasteiger partial charge in [-0.25, -0.2) is 4.39 Å². The zero-order chi connectivity index (χ0) is 26.0. The summed E-state index contributed by atoms with van der Waals surface area (Å²) in [6.07, 6.45) is 0.00269. The quantitative estimate of drug-likeness (QED) is 0.424. The molecule has 0 radical (unpaired) electrons. The minimum Gasteiger partial charge on any atom is -0.507 e. The summed E-state index contributed by atoms with van der Waals surface area (Å²) in [4.78, 5) is 48.9. The van der Waals surface area contributed by atoms with Gasteiger partial charge in [-0.1, -0.05) is 13.8 Å². The Morgan fingerprint density at radius 1 is 1.09 bits per heavy atom. The molecule has 10 heteroatoms. The molecule has 4 N–H and O–H groups in total. The molecule has 2 rings (SSSR count). The predicted octanol–water partition coefficient (Wildman–Crippen LogP) is 2.04. The molecular formula is C24H33FN2O7. The van der Waals surface area contributed by atoms with Gasteiger partial charge in [0.1, 0.15) is 30.3 Å². The van der Waals surface area contributed by atoms with Gasteiger partial charge >= 0.3 is 5.97 Å². The first-order valence-electron chi connectivity index (χ1n) is 11.2. The number of halogens is 1. The predicted molar refractivity (Wildman–Crippen MR) is 122 cm³/mol. The third-order valence-corrected chi connectivity index (χ3v) is 6.45. The molecule has 0 spiro atoms. The maximum Gasteiger partial charge on any atom is 0.305 e. The van der Waals surface area contributed by atoms with Gasteiger partial charge in [-0.2, -0.15) is 0 Å². The molecule has 3 unspecified atom stereocenters. The highest BCUT2D eigenvalue weighted by molar-refractivity contribution is 5.96. The lowest BCUT2D eigenvalue weighted by molar-refractivity contribution is -0.143. The summed E-state index contributed by atoms with van der Waals surface area (Å²) in [7, 11) is 0. The van der Waals surface area contributed by atoms with Crippen molar-refractivity contribution in [1.82, 2.24) is 10.6 Å². The van der Waals surface area contributed by atoms with Gasteiger partial charge in [0.2, 0.25) is 5.91 Å². The first-order chi connectivity index (χ1) is 15.7. The molecule has 9 nitrogen and oxygen atoms in total. The molecular weight excluding hydrogens is 447 g/mol. The number of alkyl halides is 1. The van der Waals surface area contributed by atoms with Crippen molar-refractivity contribution < 1.29 is 38.5 Å². The Labute approximate surface area is 198 Å². The zero-order valence-electron chi connectivity index (χ0n) is 20.4. The normalized spacial score (nSPS) is 18.9. The van der Waals surface area contributed by atoms with E-state index in [-0.39, 0.29) is 5.75 Å². The minimum atomic E-state index is -1.54. The number of ether oxygens (including phenoxy) is 1. The summed E-state index contributed by atoms with van der Waals surface area (Å²) in [6, 6.07) is -2.65. The Morgan fingerprint density at radius 3 is 2.24 bits per heavy atom. The van der Waals surface area contributed by atoms with Gasteiger partial charge in [-0.15, -0.1) is 0 Å². The maximum atomic E-state index is 13.3. The van der Waals surface area contributed by atoms with E-state index in [0.717, 1.165) is 11.1 Å². The Kier molecular flexibility index (Phi) is 8.28. The SMILES string of the molecule is Cc1c(C)c2c(c(C)c1O)CCC(C)(C(=O)NC(C(=O)NC(CC(=O)O)C(=O)CF)C(C)C)O2. The number of carbonyl (C=O) groups excluding carboxylic acids is 3. The van der Waals surface area contributed by atoms with E-state index in [9.17, 15) is 28.7 Å². The fourth-order valence-electron chi connectivity index (χ4n) is 4.01. The number of fused-ring (bicyclic) bond motifs is 1. The molecule has 2 amide bonds. The number of carbonyl (C=O) groups is 4. The number of rotatable bonds is 9. The Morgan fingerprint density at radius 2 is 1.71 bits per heavy atom. The van der Waals surface area contributed by atoms with Crippen molar-refractivity contribution in [2.75, 3.05) is 6.67 Å². The third-order valence-electron chi connectivity index (χ3n) is 6.45. The van der Waals surface area contributed by atoms with Crippen molar-refractivity contribution in [2.45, 2.75) is 78.5 Å². The van der Waals surface area contributed by atoms with Gasteiger partial charge in [0.15, 0.2) is 11.4 Å². The smallest absolute Gasteiger partial charge is 0.305 e. The van der Waals surface area contributed by atoms with Gasteiger partial charge < -0.3 is 25.6 Å². The topological polar surface area (TPSA) is 142 Å². The van der Waals surface area contributed by atoms with Crippen LogP contribution in [0, 0.1) is 26.7 Å². The molecule has 188 valence electrons. The number of carboxylic acid groups (broad SMARTS) is 1. The summed E-state index contributed by atoms with van der Waals surface area (Å²) >= 11 is 0. The molecule has 34 heavy (non-hydrogen) atoms. The standard InChI is InChI=1S/C24H33FN2O7/c1-11(2)19(22(32)26-16(9-18(29)30)17(28)10-25)27-23(33)24(6)8-7-15-14(5)20(31)12(3)13(4)21(15)34-24/h11,16,19,31H,7-10H2,1-6H3,(H,26,32)(H,27,33)(H,29,30). The lowest BCUT2D eigenvalue weighted by Gasteiger charge is -2.38. The number of ketones is 1. The average molecular weight is 481 g/mol. The molecule has 1 aromatic carbocycles. The molecule has 1 aliphatic heterocycles. The van der Waals surface area contributed by atoms with E-state index in [1.165, 1.54) is 0 Å². The van der Waals surface area contributed by atoms with E-state index in [2.05, 4.69) is 10.6 Å². The highest BCUT2D eigenvalue weighted by atomic mass is 19.1. The zero-order valence-corrected chi connectivity index (χ0v) is 20.4. The maximum absolute atomic E-state index is 13.3. The van der Waals surface area contributed by atoms with E-state index < -0.39 is 60.3 Å². The summed E-state index contributed by atoms with van der Waals surface area (Å²) in [5.41, 5.74) is 1.59. The van der Waals surface area contributed by atoms with Gasteiger partial charge in [-0.3, -0.25) is 19.2 Å². The second-order valence-electron chi connectivity index (χ2n) is 9.32. The highest BCUT2D eigenvalue weighted by Gasteiger charge is 2.43. The number of hydrogen-bond donors (Lipinski definition) is 4. The number of aliphatic carboxylic acids is 1. The lowest BCUT2D eigenvalue weighted by atomic mass is 9.86. The molecule has 3 atom stereocenters. The van der Waals surface area contributed by atoms with Crippen molar-refractivity contribution in [1.29, 1.82) is 0 Å². The van der Waals surface area contributed by atoms with Crippen molar-refractivity contribution in [3.8, 4) is 11.5 Å². The second kappa shape index (κ2) is 10.4. The van der Waals surface area contributed by atoms with E-state index in [0.29, 0.717) is 29.7 Å². The monoisotopic (exact) mass is 480 g/mol. The Hall–Kier alpha value is -3.17. The number of phenols is 1. The van der Waals surface area contributed by atoms with Crippen LogP contribution in [0.25, 0.3) is 0 Å². The van der Waals surface area contributed by atoms with Crippen molar-refractivity contribution in [3.63, 3.8) is 0 Å². The summed E-state index contributed by atoms with van der Waals surface area (Å²) in [6.45, 7) is 8.88. The highest BCUT2D eigenvalue weighted by Crippen LogP contribution is 2.43.